The van der Waals surface area contributed by atoms with Gasteiger partial charge in [-0.3, -0.25) is 9.69 Å². The number of benzene rings is 1. The van der Waals surface area contributed by atoms with Crippen LogP contribution in [-0.4, -0.2) is 55.5 Å². The number of likely N-dealkylation sites (N-methyl/N-ethyl adjacent to an activating group) is 1. The Bertz CT molecular complexity index is 488. The summed E-state index contributed by atoms with van der Waals surface area (Å²) in [4.78, 5) is 17.0. The molecule has 0 unspecified atom stereocenters. The summed E-state index contributed by atoms with van der Waals surface area (Å²) in [6.07, 6.45) is 0. The third-order valence-corrected chi connectivity index (χ3v) is 4.72. The lowest BCUT2D eigenvalue weighted by Crippen LogP contribution is -2.48. The Hall–Kier alpha value is -0.810. The predicted octanol–water partition coefficient (Wildman–Crippen LogP) is 2.62. The van der Waals surface area contributed by atoms with Gasteiger partial charge in [0, 0.05) is 19.0 Å². The van der Waals surface area contributed by atoms with E-state index < -0.39 is 0 Å². The van der Waals surface area contributed by atoms with Crippen LogP contribution >= 0.6 is 24.8 Å². The average molecular weight is 376 g/mol. The number of amides is 1. The Morgan fingerprint density at radius 1 is 1.21 bits per heavy atom. The molecule has 24 heavy (non-hydrogen) atoms. The van der Waals surface area contributed by atoms with E-state index in [4.69, 9.17) is 5.73 Å². The molecule has 1 heterocycles. The van der Waals surface area contributed by atoms with Crippen molar-refractivity contribution < 1.29 is 4.79 Å². The summed E-state index contributed by atoms with van der Waals surface area (Å²) in [7, 11) is 3.96. The first kappa shape index (κ1) is 23.2. The highest BCUT2D eigenvalue weighted by atomic mass is 35.5. The molecular weight excluding hydrogens is 345 g/mol. The van der Waals surface area contributed by atoms with Crippen molar-refractivity contribution in [1.82, 2.24) is 9.80 Å². The fourth-order valence-electron chi connectivity index (χ4n) is 3.66. The van der Waals surface area contributed by atoms with Crippen molar-refractivity contribution in [3.8, 4) is 0 Å². The summed E-state index contributed by atoms with van der Waals surface area (Å²) in [6, 6.07) is 10.4. The third kappa shape index (κ3) is 5.09. The number of rotatable bonds is 5. The monoisotopic (exact) mass is 375 g/mol. The summed E-state index contributed by atoms with van der Waals surface area (Å²) in [5.41, 5.74) is 7.26. The van der Waals surface area contributed by atoms with E-state index in [1.165, 1.54) is 5.56 Å². The molecular formula is C18H31Cl2N3O. The molecule has 0 bridgehead atoms. The first-order chi connectivity index (χ1) is 10.5. The minimum atomic E-state index is -0.0621. The number of nitrogens with zero attached hydrogens (tertiary/aromatic N) is 2. The number of carbonyl (C=O) groups excluding carboxylic acids is 1. The molecule has 2 N–H and O–H groups in total. The van der Waals surface area contributed by atoms with Crippen molar-refractivity contribution in [3.63, 3.8) is 0 Å². The highest BCUT2D eigenvalue weighted by Gasteiger charge is 2.38. The summed E-state index contributed by atoms with van der Waals surface area (Å²) in [5.74, 6) is 1.23. The van der Waals surface area contributed by atoms with Gasteiger partial charge in [-0.05, 0) is 38.0 Å². The van der Waals surface area contributed by atoms with E-state index in [9.17, 15) is 4.79 Å². The molecule has 1 aliphatic heterocycles. The van der Waals surface area contributed by atoms with Crippen molar-refractivity contribution in [3.05, 3.63) is 35.9 Å². The molecule has 0 aromatic heterocycles. The van der Waals surface area contributed by atoms with Gasteiger partial charge in [-0.15, -0.1) is 24.8 Å². The lowest BCUT2D eigenvalue weighted by Gasteiger charge is -2.31. The molecule has 1 aliphatic rings. The lowest BCUT2D eigenvalue weighted by molar-refractivity contribution is -0.136. The Balaban J connectivity index is 0.00000264. The second kappa shape index (κ2) is 10.2. The molecule has 0 saturated carbocycles. The second-order valence-electron chi connectivity index (χ2n) is 6.91. The molecule has 1 saturated heterocycles. The fourth-order valence-corrected chi connectivity index (χ4v) is 3.66. The van der Waals surface area contributed by atoms with Crippen LogP contribution in [0.5, 0.6) is 0 Å². The van der Waals surface area contributed by atoms with Gasteiger partial charge in [-0.2, -0.15) is 0 Å². The van der Waals surface area contributed by atoms with E-state index in [0.29, 0.717) is 24.3 Å². The molecule has 138 valence electrons. The smallest absolute Gasteiger partial charge is 0.240 e. The minimum absolute atomic E-state index is 0. The van der Waals surface area contributed by atoms with Crippen molar-refractivity contribution in [2.24, 2.45) is 17.6 Å². The predicted molar refractivity (Wildman–Crippen MR) is 105 cm³/mol. The first-order valence-corrected chi connectivity index (χ1v) is 8.16. The Morgan fingerprint density at radius 2 is 1.79 bits per heavy atom. The maximum atomic E-state index is 12.9. The minimum Gasteiger partial charge on any atom is -0.340 e. The number of nitrogens with two attached hydrogens (primary N) is 1. The largest absolute Gasteiger partial charge is 0.340 e. The second-order valence-corrected chi connectivity index (χ2v) is 6.91. The molecule has 0 radical (unpaired) electrons. The Kier molecular flexibility index (Phi) is 9.90. The Labute approximate surface area is 158 Å². The SMILES string of the molecule is CC(C)[C@H](C(=O)N1C[C@@H](CN)[C@H](c2ccccc2)C1)N(C)C.Cl.Cl. The van der Waals surface area contributed by atoms with Gasteiger partial charge < -0.3 is 10.6 Å². The van der Waals surface area contributed by atoms with Gasteiger partial charge in [0.2, 0.25) is 5.91 Å². The van der Waals surface area contributed by atoms with Gasteiger partial charge in [0.1, 0.15) is 0 Å². The lowest BCUT2D eigenvalue weighted by atomic mass is 9.89. The first-order valence-electron chi connectivity index (χ1n) is 8.16. The van der Waals surface area contributed by atoms with Crippen LogP contribution in [-0.2, 0) is 4.79 Å². The maximum absolute atomic E-state index is 12.9. The van der Waals surface area contributed by atoms with Crippen LogP contribution < -0.4 is 5.73 Å². The van der Waals surface area contributed by atoms with Crippen molar-refractivity contribution in [2.75, 3.05) is 33.7 Å². The van der Waals surface area contributed by atoms with Crippen molar-refractivity contribution >= 4 is 30.7 Å². The fraction of sp³-hybridized carbons (Fsp3) is 0.611. The highest BCUT2D eigenvalue weighted by molar-refractivity contribution is 5.85. The number of likely N-dealkylation sites (tertiary alicyclic amines) is 1. The summed E-state index contributed by atoms with van der Waals surface area (Å²) in [5, 5.41) is 0. The van der Waals surface area contributed by atoms with Crippen LogP contribution in [0.1, 0.15) is 25.3 Å². The molecule has 1 aromatic rings. The van der Waals surface area contributed by atoms with Crippen molar-refractivity contribution in [1.29, 1.82) is 0 Å². The van der Waals surface area contributed by atoms with E-state index in [1.54, 1.807) is 0 Å². The molecule has 2 rings (SSSR count). The molecule has 0 aliphatic carbocycles. The molecule has 0 spiro atoms. The van der Waals surface area contributed by atoms with E-state index in [-0.39, 0.29) is 36.8 Å². The van der Waals surface area contributed by atoms with E-state index in [2.05, 4.69) is 38.1 Å². The summed E-state index contributed by atoms with van der Waals surface area (Å²) in [6.45, 7) is 6.38. The van der Waals surface area contributed by atoms with E-state index in [0.717, 1.165) is 13.1 Å². The van der Waals surface area contributed by atoms with Crippen LogP contribution in [0.25, 0.3) is 0 Å². The van der Waals surface area contributed by atoms with Crippen LogP contribution in [0, 0.1) is 11.8 Å². The van der Waals surface area contributed by atoms with Crippen LogP contribution in [0.2, 0.25) is 0 Å². The number of hydrogen-bond acceptors (Lipinski definition) is 3. The number of hydrogen-bond donors (Lipinski definition) is 1. The highest BCUT2D eigenvalue weighted by Crippen LogP contribution is 2.32. The molecule has 4 nitrogen and oxygen atoms in total. The average Bonchev–Trinajstić information content (AvgIpc) is 2.91. The zero-order valence-electron chi connectivity index (χ0n) is 15.0. The normalized spacial score (nSPS) is 21.4. The van der Waals surface area contributed by atoms with Gasteiger partial charge in [0.15, 0.2) is 0 Å². The molecule has 1 fully saturated rings. The van der Waals surface area contributed by atoms with Crippen molar-refractivity contribution in [2.45, 2.75) is 25.8 Å². The zero-order chi connectivity index (χ0) is 16.3. The van der Waals surface area contributed by atoms with Crippen LogP contribution in [0.3, 0.4) is 0 Å². The maximum Gasteiger partial charge on any atom is 0.240 e. The van der Waals surface area contributed by atoms with Gasteiger partial charge in [-0.25, -0.2) is 0 Å². The number of carbonyl (C=O) groups is 1. The quantitative estimate of drug-likeness (QED) is 0.860. The molecule has 3 atom stereocenters. The Morgan fingerprint density at radius 3 is 2.25 bits per heavy atom. The summed E-state index contributed by atoms with van der Waals surface area (Å²) < 4.78 is 0. The van der Waals surface area contributed by atoms with E-state index >= 15 is 0 Å². The van der Waals surface area contributed by atoms with Gasteiger partial charge in [-0.1, -0.05) is 44.2 Å². The van der Waals surface area contributed by atoms with Gasteiger partial charge in [0.05, 0.1) is 6.04 Å². The molecule has 1 amide bonds. The standard InChI is InChI=1S/C18H29N3O.2ClH/c1-13(2)17(20(3)4)18(22)21-11-15(10-19)16(12-21)14-8-6-5-7-9-14;;/h5-9,13,15-17H,10-12,19H2,1-4H3;2*1H/t15-,16+,17-;;/m1../s1. The third-order valence-electron chi connectivity index (χ3n) is 4.72. The molecule has 1 aromatic carbocycles. The van der Waals surface area contributed by atoms with E-state index in [1.807, 2.05) is 30.0 Å². The zero-order valence-corrected chi connectivity index (χ0v) is 16.6. The topological polar surface area (TPSA) is 49.6 Å². The number of halogens is 2. The van der Waals surface area contributed by atoms with Gasteiger partial charge in [0.25, 0.3) is 0 Å². The van der Waals surface area contributed by atoms with Gasteiger partial charge >= 0.3 is 0 Å². The molecule has 6 heteroatoms. The summed E-state index contributed by atoms with van der Waals surface area (Å²) >= 11 is 0. The van der Waals surface area contributed by atoms with Crippen LogP contribution in [0.15, 0.2) is 30.3 Å². The van der Waals surface area contributed by atoms with Crippen LogP contribution in [0.4, 0.5) is 0 Å².